The zero-order chi connectivity index (χ0) is 12.6. The van der Waals surface area contributed by atoms with Crippen LogP contribution in [0.15, 0.2) is 0 Å². The Morgan fingerprint density at radius 2 is 2.24 bits per heavy atom. The van der Waals surface area contributed by atoms with E-state index >= 15 is 0 Å². The summed E-state index contributed by atoms with van der Waals surface area (Å²) < 4.78 is 1.57. The molecule has 1 aromatic heterocycles. The van der Waals surface area contributed by atoms with Gasteiger partial charge in [-0.3, -0.25) is 9.48 Å². The third-order valence-electron chi connectivity index (χ3n) is 3.58. The van der Waals surface area contributed by atoms with Gasteiger partial charge in [-0.25, -0.2) is 0 Å². The van der Waals surface area contributed by atoms with E-state index in [1.807, 2.05) is 6.92 Å². The van der Waals surface area contributed by atoms with Crippen LogP contribution in [0.1, 0.15) is 49.3 Å². The number of carbonyl (C=O) groups excluding carboxylic acids is 1. The number of nitrogens with one attached hydrogen (secondary N) is 1. The van der Waals surface area contributed by atoms with E-state index in [-0.39, 0.29) is 11.4 Å². The molecular formula is C12H20N4O. The Hall–Kier alpha value is -1.52. The number of nitrogens with zero attached hydrogens (tertiary/aromatic N) is 2. The molecule has 0 aromatic carbocycles. The number of anilines is 1. The van der Waals surface area contributed by atoms with Crippen LogP contribution in [0.2, 0.25) is 0 Å². The molecule has 17 heavy (non-hydrogen) atoms. The van der Waals surface area contributed by atoms with E-state index in [0.29, 0.717) is 11.4 Å². The standard InChI is InChI=1S/C12H20N4O/c1-4-8-9(13)10(16(3)15-8)11(17)14-12(2)6-5-7-12/h4-7,13H2,1-3H3,(H,14,17). The summed E-state index contributed by atoms with van der Waals surface area (Å²) in [7, 11) is 1.76. The molecule has 5 nitrogen and oxygen atoms in total. The third-order valence-corrected chi connectivity index (χ3v) is 3.58. The van der Waals surface area contributed by atoms with Gasteiger partial charge in [0, 0.05) is 12.6 Å². The fraction of sp³-hybridized carbons (Fsp3) is 0.667. The molecule has 0 radical (unpaired) electrons. The van der Waals surface area contributed by atoms with Gasteiger partial charge in [-0.1, -0.05) is 6.92 Å². The van der Waals surface area contributed by atoms with Crippen molar-refractivity contribution in [2.75, 3.05) is 5.73 Å². The van der Waals surface area contributed by atoms with Crippen molar-refractivity contribution in [3.8, 4) is 0 Å². The van der Waals surface area contributed by atoms with Crippen molar-refractivity contribution in [3.63, 3.8) is 0 Å². The largest absolute Gasteiger partial charge is 0.395 e. The Labute approximate surface area is 101 Å². The van der Waals surface area contributed by atoms with Gasteiger partial charge >= 0.3 is 0 Å². The number of carbonyl (C=O) groups is 1. The Morgan fingerprint density at radius 3 is 2.65 bits per heavy atom. The predicted octanol–water partition coefficient (Wildman–Crippen LogP) is 1.24. The van der Waals surface area contributed by atoms with Crippen LogP contribution in [0.3, 0.4) is 0 Å². The third kappa shape index (κ3) is 2.01. The number of nitrogen functional groups attached to an aromatic ring is 1. The van der Waals surface area contributed by atoms with Crippen molar-refractivity contribution in [2.24, 2.45) is 7.05 Å². The van der Waals surface area contributed by atoms with Crippen LogP contribution >= 0.6 is 0 Å². The summed E-state index contributed by atoms with van der Waals surface area (Å²) in [6.07, 6.45) is 4.00. The van der Waals surface area contributed by atoms with Gasteiger partial charge in [0.25, 0.3) is 5.91 Å². The van der Waals surface area contributed by atoms with Crippen LogP contribution in [0.25, 0.3) is 0 Å². The summed E-state index contributed by atoms with van der Waals surface area (Å²) in [5.41, 5.74) is 7.67. The molecule has 1 fully saturated rings. The summed E-state index contributed by atoms with van der Waals surface area (Å²) in [4.78, 5) is 12.2. The first-order valence-corrected chi connectivity index (χ1v) is 6.10. The lowest BCUT2D eigenvalue weighted by atomic mass is 9.78. The number of amides is 1. The second kappa shape index (κ2) is 4.05. The molecule has 0 unspecified atom stereocenters. The van der Waals surface area contributed by atoms with E-state index < -0.39 is 0 Å². The van der Waals surface area contributed by atoms with Gasteiger partial charge in [0.2, 0.25) is 0 Å². The normalized spacial score (nSPS) is 17.6. The summed E-state index contributed by atoms with van der Waals surface area (Å²) in [6.45, 7) is 4.05. The molecule has 0 bridgehead atoms. The molecule has 0 atom stereocenters. The molecule has 1 saturated carbocycles. The molecule has 0 spiro atoms. The Balaban J connectivity index is 2.21. The van der Waals surface area contributed by atoms with Gasteiger partial charge in [-0.15, -0.1) is 0 Å². The van der Waals surface area contributed by atoms with Gasteiger partial charge in [-0.2, -0.15) is 5.10 Å². The zero-order valence-corrected chi connectivity index (χ0v) is 10.7. The van der Waals surface area contributed by atoms with Crippen LogP contribution in [0, 0.1) is 0 Å². The van der Waals surface area contributed by atoms with Gasteiger partial charge < -0.3 is 11.1 Å². The minimum absolute atomic E-state index is 0.0554. The second-order valence-corrected chi connectivity index (χ2v) is 5.05. The molecule has 1 heterocycles. The number of aryl methyl sites for hydroxylation is 2. The maximum Gasteiger partial charge on any atom is 0.272 e. The summed E-state index contributed by atoms with van der Waals surface area (Å²) >= 11 is 0. The molecule has 2 rings (SSSR count). The number of hydrogen-bond acceptors (Lipinski definition) is 3. The highest BCUT2D eigenvalue weighted by molar-refractivity contribution is 5.98. The molecule has 0 aliphatic heterocycles. The fourth-order valence-corrected chi connectivity index (χ4v) is 2.29. The second-order valence-electron chi connectivity index (χ2n) is 5.05. The highest BCUT2D eigenvalue weighted by atomic mass is 16.2. The maximum atomic E-state index is 12.2. The first-order valence-electron chi connectivity index (χ1n) is 6.10. The van der Waals surface area contributed by atoms with E-state index in [4.69, 9.17) is 5.73 Å². The molecule has 3 N–H and O–H groups in total. The van der Waals surface area contributed by atoms with Crippen molar-refractivity contribution in [3.05, 3.63) is 11.4 Å². The van der Waals surface area contributed by atoms with E-state index in [1.54, 1.807) is 11.7 Å². The van der Waals surface area contributed by atoms with E-state index in [2.05, 4.69) is 17.3 Å². The average molecular weight is 236 g/mol. The number of hydrogen-bond donors (Lipinski definition) is 2. The van der Waals surface area contributed by atoms with Gasteiger partial charge in [0.05, 0.1) is 11.4 Å². The lowest BCUT2D eigenvalue weighted by Crippen LogP contribution is -2.51. The summed E-state index contributed by atoms with van der Waals surface area (Å²) in [6, 6.07) is 0. The van der Waals surface area contributed by atoms with Crippen molar-refractivity contribution >= 4 is 11.6 Å². The molecule has 1 aromatic rings. The Bertz CT molecular complexity index is 446. The zero-order valence-electron chi connectivity index (χ0n) is 10.7. The molecular weight excluding hydrogens is 216 g/mol. The number of rotatable bonds is 3. The van der Waals surface area contributed by atoms with Crippen LogP contribution in [-0.4, -0.2) is 21.2 Å². The lowest BCUT2D eigenvalue weighted by Gasteiger charge is -2.39. The molecule has 1 aliphatic rings. The molecule has 5 heteroatoms. The van der Waals surface area contributed by atoms with Crippen LogP contribution < -0.4 is 11.1 Å². The van der Waals surface area contributed by atoms with Crippen molar-refractivity contribution in [2.45, 2.75) is 45.1 Å². The van der Waals surface area contributed by atoms with E-state index in [0.717, 1.165) is 25.0 Å². The van der Waals surface area contributed by atoms with Gasteiger partial charge in [0.1, 0.15) is 5.69 Å². The highest BCUT2D eigenvalue weighted by Crippen LogP contribution is 2.31. The van der Waals surface area contributed by atoms with Crippen LogP contribution in [0.5, 0.6) is 0 Å². The predicted molar refractivity (Wildman–Crippen MR) is 66.7 cm³/mol. The molecule has 1 aliphatic carbocycles. The molecule has 94 valence electrons. The number of nitrogens with two attached hydrogens (primary N) is 1. The van der Waals surface area contributed by atoms with E-state index in [1.165, 1.54) is 6.42 Å². The quantitative estimate of drug-likeness (QED) is 0.829. The first-order chi connectivity index (χ1) is 7.97. The molecule has 1 amide bonds. The minimum Gasteiger partial charge on any atom is -0.395 e. The highest BCUT2D eigenvalue weighted by Gasteiger charge is 2.34. The summed E-state index contributed by atoms with van der Waals surface area (Å²) in [5.74, 6) is -0.112. The Morgan fingerprint density at radius 1 is 1.59 bits per heavy atom. The van der Waals surface area contributed by atoms with Gasteiger partial charge in [0.15, 0.2) is 0 Å². The smallest absolute Gasteiger partial charge is 0.272 e. The maximum absolute atomic E-state index is 12.2. The van der Waals surface area contributed by atoms with Crippen LogP contribution in [-0.2, 0) is 13.5 Å². The van der Waals surface area contributed by atoms with Crippen molar-refractivity contribution < 1.29 is 4.79 Å². The average Bonchev–Trinajstić information content (AvgIpc) is 2.51. The first kappa shape index (κ1) is 12.0. The number of aromatic nitrogens is 2. The SMILES string of the molecule is CCc1nn(C)c(C(=O)NC2(C)CCC2)c1N. The van der Waals surface area contributed by atoms with E-state index in [9.17, 15) is 4.79 Å². The van der Waals surface area contributed by atoms with Gasteiger partial charge in [-0.05, 0) is 32.6 Å². The van der Waals surface area contributed by atoms with Crippen molar-refractivity contribution in [1.82, 2.24) is 15.1 Å². The monoisotopic (exact) mass is 236 g/mol. The van der Waals surface area contributed by atoms with Crippen LogP contribution in [0.4, 0.5) is 5.69 Å². The van der Waals surface area contributed by atoms with Crippen molar-refractivity contribution in [1.29, 1.82) is 0 Å². The molecule has 0 saturated heterocycles. The fourth-order valence-electron chi connectivity index (χ4n) is 2.29. The topological polar surface area (TPSA) is 72.9 Å². The Kier molecular flexibility index (Phi) is 2.85. The minimum atomic E-state index is -0.112. The lowest BCUT2D eigenvalue weighted by molar-refractivity contribution is 0.0841. The summed E-state index contributed by atoms with van der Waals surface area (Å²) in [5, 5.41) is 7.30.